The maximum atomic E-state index is 9.01. The molecule has 1 heterocycles. The van der Waals surface area contributed by atoms with Crippen LogP contribution in [-0.2, 0) is 0 Å². The molecule has 2 N–H and O–H groups in total. The summed E-state index contributed by atoms with van der Waals surface area (Å²) in [6.07, 6.45) is 3.77. The van der Waals surface area contributed by atoms with Crippen molar-refractivity contribution in [3.05, 3.63) is 40.8 Å². The first-order valence-electron chi connectivity index (χ1n) is 8.30. The number of nitriles is 1. The van der Waals surface area contributed by atoms with Crippen LogP contribution in [0, 0.1) is 22.2 Å². The van der Waals surface area contributed by atoms with Gasteiger partial charge in [-0.3, -0.25) is 0 Å². The fraction of sp³-hybridized carbons (Fsp3) is 0.474. The second-order valence-corrected chi connectivity index (χ2v) is 8.27. The molecule has 3 rings (SSSR count). The minimum atomic E-state index is -0.0914. The van der Waals surface area contributed by atoms with Gasteiger partial charge in [0.15, 0.2) is 0 Å². The van der Waals surface area contributed by atoms with Crippen LogP contribution in [0.1, 0.15) is 33.3 Å². The first-order chi connectivity index (χ1) is 11.7. The van der Waals surface area contributed by atoms with Crippen molar-refractivity contribution in [2.24, 2.45) is 21.6 Å². The summed E-state index contributed by atoms with van der Waals surface area (Å²) in [5.41, 5.74) is 6.14. The van der Waals surface area contributed by atoms with Crippen molar-refractivity contribution in [3.63, 3.8) is 0 Å². The highest BCUT2D eigenvalue weighted by Crippen LogP contribution is 2.58. The monoisotopic (exact) mass is 358 g/mol. The number of ether oxygens (including phenoxy) is 1. The Balaban J connectivity index is 1.83. The molecule has 132 valence electrons. The van der Waals surface area contributed by atoms with Gasteiger partial charge in [-0.25, -0.2) is 4.99 Å². The van der Waals surface area contributed by atoms with Crippen LogP contribution in [0.4, 0.5) is 0 Å². The second kappa shape index (κ2) is 5.96. The van der Waals surface area contributed by atoms with Crippen LogP contribution in [0.5, 0.6) is 5.75 Å². The normalized spacial score (nSPS) is 26.4. The molecule has 1 aromatic rings. The number of hydrogen-bond donors (Lipinski definition) is 1. The fourth-order valence-electron chi connectivity index (χ4n) is 4.74. The van der Waals surface area contributed by atoms with Crippen LogP contribution in [0.3, 0.4) is 0 Å². The number of nitrogens with zero attached hydrogens (tertiary/aromatic N) is 3. The van der Waals surface area contributed by atoms with Crippen LogP contribution in [0.25, 0.3) is 0 Å². The molecule has 0 spiro atoms. The number of hydrogen-bond acceptors (Lipinski definition) is 5. The molecule has 0 unspecified atom stereocenters. The van der Waals surface area contributed by atoms with Crippen molar-refractivity contribution in [2.75, 3.05) is 6.54 Å². The maximum absolute atomic E-state index is 9.01. The molecule has 0 saturated heterocycles. The molecule has 1 aromatic carbocycles. The van der Waals surface area contributed by atoms with Crippen molar-refractivity contribution in [1.82, 2.24) is 4.90 Å². The van der Waals surface area contributed by atoms with Gasteiger partial charge in [0, 0.05) is 35.4 Å². The van der Waals surface area contributed by atoms with Crippen LogP contribution in [0.15, 0.2) is 35.2 Å². The van der Waals surface area contributed by atoms with Gasteiger partial charge in [-0.15, -0.1) is 0 Å². The summed E-state index contributed by atoms with van der Waals surface area (Å²) in [6, 6.07) is 7.54. The molecular formula is C19H23ClN4O. The molecule has 0 atom stereocenters. The van der Waals surface area contributed by atoms with Gasteiger partial charge in [-0.05, 0) is 12.1 Å². The molecule has 2 aliphatic rings. The summed E-state index contributed by atoms with van der Waals surface area (Å²) in [5.74, 6) is 1.21. The Morgan fingerprint density at radius 2 is 2.00 bits per heavy atom. The van der Waals surface area contributed by atoms with Crippen molar-refractivity contribution in [2.45, 2.75) is 39.8 Å². The molecule has 1 aliphatic heterocycles. The third kappa shape index (κ3) is 2.85. The van der Waals surface area contributed by atoms with E-state index in [9.17, 15) is 0 Å². The maximum Gasteiger partial charge on any atom is 0.139 e. The molecule has 25 heavy (non-hydrogen) atoms. The minimum absolute atomic E-state index is 0.00231. The van der Waals surface area contributed by atoms with E-state index in [1.807, 2.05) is 12.4 Å². The van der Waals surface area contributed by atoms with E-state index >= 15 is 0 Å². The summed E-state index contributed by atoms with van der Waals surface area (Å²) >= 11 is 6.14. The van der Waals surface area contributed by atoms with E-state index in [0.29, 0.717) is 22.2 Å². The van der Waals surface area contributed by atoms with Crippen LogP contribution >= 0.6 is 11.6 Å². The van der Waals surface area contributed by atoms with Crippen LogP contribution < -0.4 is 10.5 Å². The van der Waals surface area contributed by atoms with E-state index in [1.165, 1.54) is 0 Å². The van der Waals surface area contributed by atoms with Gasteiger partial charge in [0.2, 0.25) is 0 Å². The molecule has 0 aromatic heterocycles. The highest BCUT2D eigenvalue weighted by molar-refractivity contribution is 6.31. The predicted molar refractivity (Wildman–Crippen MR) is 99.4 cm³/mol. The van der Waals surface area contributed by atoms with Crippen LogP contribution in [-0.4, -0.2) is 29.8 Å². The zero-order chi connectivity index (χ0) is 18.4. The van der Waals surface area contributed by atoms with Crippen molar-refractivity contribution < 1.29 is 4.74 Å². The summed E-state index contributed by atoms with van der Waals surface area (Å²) in [5, 5.41) is 9.42. The summed E-state index contributed by atoms with van der Waals surface area (Å²) < 4.78 is 6.30. The van der Waals surface area contributed by atoms with E-state index in [0.717, 1.165) is 6.54 Å². The van der Waals surface area contributed by atoms with E-state index in [2.05, 4.69) is 43.7 Å². The Labute approximate surface area is 153 Å². The lowest BCUT2D eigenvalue weighted by molar-refractivity contribution is -0.197. The largest absolute Gasteiger partial charge is 0.489 e. The molecule has 1 aliphatic carbocycles. The topological polar surface area (TPSA) is 74.6 Å². The zero-order valence-corrected chi connectivity index (χ0v) is 15.7. The van der Waals surface area contributed by atoms with Gasteiger partial charge in [-0.1, -0.05) is 39.3 Å². The summed E-state index contributed by atoms with van der Waals surface area (Å²) in [7, 11) is 0. The Bertz CT molecular complexity index is 775. The predicted octanol–water partition coefficient (Wildman–Crippen LogP) is 3.54. The standard InChI is InChI=1S/C19H23ClN4O/c1-18(2)16(24-8-7-23-15(22)11-24)19(3,4)17(18)25-13-6-5-12(10-21)14(20)9-13/h5-7,9,11,16-17H,8,22H2,1-4H3. The quantitative estimate of drug-likeness (QED) is 0.896. The number of halogens is 1. The van der Waals surface area contributed by atoms with E-state index in [1.54, 1.807) is 18.2 Å². The highest BCUT2D eigenvalue weighted by atomic mass is 35.5. The molecule has 0 radical (unpaired) electrons. The summed E-state index contributed by atoms with van der Waals surface area (Å²) in [6.45, 7) is 9.56. The van der Waals surface area contributed by atoms with Gasteiger partial charge in [0.05, 0.1) is 17.1 Å². The first kappa shape index (κ1) is 17.6. The molecule has 5 nitrogen and oxygen atoms in total. The Morgan fingerprint density at radius 3 is 2.56 bits per heavy atom. The SMILES string of the molecule is CC1(C)C(Oc2ccc(C#N)c(Cl)c2)C(C)(C)C1N1C=C(N)N=CC1. The third-order valence-corrected chi connectivity index (χ3v) is 5.55. The Hall–Kier alpha value is -2.19. The molecular weight excluding hydrogens is 336 g/mol. The Kier molecular flexibility index (Phi) is 4.20. The first-order valence-corrected chi connectivity index (χ1v) is 8.67. The third-order valence-electron chi connectivity index (χ3n) is 5.24. The zero-order valence-electron chi connectivity index (χ0n) is 15.0. The fourth-order valence-corrected chi connectivity index (χ4v) is 4.95. The van der Waals surface area contributed by atoms with Crippen LogP contribution in [0.2, 0.25) is 5.02 Å². The van der Waals surface area contributed by atoms with Gasteiger partial charge < -0.3 is 15.4 Å². The Morgan fingerprint density at radius 1 is 1.32 bits per heavy atom. The van der Waals surface area contributed by atoms with Gasteiger partial charge in [0.1, 0.15) is 23.7 Å². The number of aliphatic imine (C=N–C) groups is 1. The molecule has 0 bridgehead atoms. The number of rotatable bonds is 3. The molecule has 6 heteroatoms. The van der Waals surface area contributed by atoms with E-state index in [4.69, 9.17) is 27.3 Å². The molecule has 0 amide bonds. The second-order valence-electron chi connectivity index (χ2n) is 7.86. The van der Waals surface area contributed by atoms with Gasteiger partial charge >= 0.3 is 0 Å². The van der Waals surface area contributed by atoms with E-state index < -0.39 is 0 Å². The van der Waals surface area contributed by atoms with Gasteiger partial charge in [-0.2, -0.15) is 5.26 Å². The van der Waals surface area contributed by atoms with E-state index in [-0.39, 0.29) is 23.0 Å². The summed E-state index contributed by atoms with van der Waals surface area (Å²) in [4.78, 5) is 6.37. The number of nitrogens with two attached hydrogens (primary N) is 1. The highest BCUT2D eigenvalue weighted by Gasteiger charge is 2.65. The lowest BCUT2D eigenvalue weighted by atomic mass is 9.49. The van der Waals surface area contributed by atoms with Crippen molar-refractivity contribution >= 4 is 17.8 Å². The van der Waals surface area contributed by atoms with Crippen molar-refractivity contribution in [1.29, 1.82) is 5.26 Å². The minimum Gasteiger partial charge on any atom is -0.489 e. The average Bonchev–Trinajstić information content (AvgIpc) is 2.52. The van der Waals surface area contributed by atoms with Crippen molar-refractivity contribution in [3.8, 4) is 11.8 Å². The molecule has 1 fully saturated rings. The number of benzene rings is 1. The molecule has 1 saturated carbocycles. The average molecular weight is 359 g/mol. The smallest absolute Gasteiger partial charge is 0.139 e. The van der Waals surface area contributed by atoms with Gasteiger partial charge in [0.25, 0.3) is 0 Å². The lowest BCUT2D eigenvalue weighted by Crippen LogP contribution is -2.74. The lowest BCUT2D eigenvalue weighted by Gasteiger charge is -2.66.